The van der Waals surface area contributed by atoms with Crippen LogP contribution >= 0.6 is 0 Å². The summed E-state index contributed by atoms with van der Waals surface area (Å²) in [7, 11) is 3.37. The Kier molecular flexibility index (Phi) is 5.23. The maximum atomic E-state index is 5.67. The van der Waals surface area contributed by atoms with Crippen molar-refractivity contribution in [2.24, 2.45) is 0 Å². The maximum Gasteiger partial charge on any atom is 0.122 e. The van der Waals surface area contributed by atoms with Gasteiger partial charge in [-0.05, 0) is 54.3 Å². The third-order valence-electron chi connectivity index (χ3n) is 3.66. The summed E-state index contributed by atoms with van der Waals surface area (Å²) < 4.78 is 16.0. The molecule has 2 aromatic carbocycles. The zero-order chi connectivity index (χ0) is 15.2. The fourth-order valence-corrected chi connectivity index (χ4v) is 2.33. The van der Waals surface area contributed by atoms with Crippen LogP contribution in [0.4, 0.5) is 0 Å². The van der Waals surface area contributed by atoms with E-state index in [0.717, 1.165) is 17.1 Å². The van der Waals surface area contributed by atoms with Crippen molar-refractivity contribution in [3.8, 4) is 22.6 Å². The number of hydrogen-bond acceptors (Lipinski definition) is 3. The summed E-state index contributed by atoms with van der Waals surface area (Å²) in [4.78, 5) is 0. The van der Waals surface area contributed by atoms with Gasteiger partial charge in [0.05, 0.1) is 13.7 Å². The minimum Gasteiger partial charge on any atom is -0.496 e. The van der Waals surface area contributed by atoms with Gasteiger partial charge in [0, 0.05) is 7.11 Å². The van der Waals surface area contributed by atoms with Gasteiger partial charge in [-0.25, -0.2) is 0 Å². The molecule has 21 heavy (non-hydrogen) atoms. The second kappa shape index (κ2) is 7.14. The van der Waals surface area contributed by atoms with Crippen LogP contribution in [0.3, 0.4) is 0 Å². The van der Waals surface area contributed by atoms with Crippen molar-refractivity contribution in [1.82, 2.24) is 0 Å². The van der Waals surface area contributed by atoms with Gasteiger partial charge in [0.25, 0.3) is 0 Å². The van der Waals surface area contributed by atoms with Crippen LogP contribution in [0.2, 0.25) is 0 Å². The minimum absolute atomic E-state index is 0.556. The lowest BCUT2D eigenvalue weighted by Gasteiger charge is -2.14. The molecule has 0 aliphatic heterocycles. The molecule has 3 heteroatoms. The van der Waals surface area contributed by atoms with Crippen molar-refractivity contribution in [2.45, 2.75) is 13.8 Å². The summed E-state index contributed by atoms with van der Waals surface area (Å²) in [5, 5.41) is 0. The Balaban J connectivity index is 2.30. The molecule has 112 valence electrons. The molecule has 0 aromatic heterocycles. The molecule has 2 aromatic rings. The van der Waals surface area contributed by atoms with Gasteiger partial charge in [-0.15, -0.1) is 0 Å². The van der Waals surface area contributed by atoms with Crippen molar-refractivity contribution in [3.05, 3.63) is 47.5 Å². The first-order chi connectivity index (χ1) is 10.2. The quantitative estimate of drug-likeness (QED) is 0.751. The monoisotopic (exact) mass is 286 g/mol. The van der Waals surface area contributed by atoms with Gasteiger partial charge in [-0.2, -0.15) is 0 Å². The van der Waals surface area contributed by atoms with Crippen LogP contribution in [0.25, 0.3) is 11.1 Å². The van der Waals surface area contributed by atoms with Crippen LogP contribution in [0.1, 0.15) is 11.1 Å². The lowest BCUT2D eigenvalue weighted by atomic mass is 9.96. The Morgan fingerprint density at radius 2 is 1.71 bits per heavy atom. The van der Waals surface area contributed by atoms with Gasteiger partial charge >= 0.3 is 0 Å². The van der Waals surface area contributed by atoms with Crippen molar-refractivity contribution < 1.29 is 14.2 Å². The van der Waals surface area contributed by atoms with Gasteiger partial charge in [-0.3, -0.25) is 0 Å². The zero-order valence-electron chi connectivity index (χ0n) is 13.1. The first-order valence-electron chi connectivity index (χ1n) is 7.03. The number of methoxy groups -OCH3 is 2. The van der Waals surface area contributed by atoms with Crippen LogP contribution in [0.5, 0.6) is 11.5 Å². The summed E-state index contributed by atoms with van der Waals surface area (Å²) >= 11 is 0. The summed E-state index contributed by atoms with van der Waals surface area (Å²) in [5.41, 5.74) is 4.74. The Labute approximate surface area is 126 Å². The van der Waals surface area contributed by atoms with E-state index in [4.69, 9.17) is 14.2 Å². The highest BCUT2D eigenvalue weighted by atomic mass is 16.5. The van der Waals surface area contributed by atoms with Crippen LogP contribution in [-0.2, 0) is 4.74 Å². The van der Waals surface area contributed by atoms with Crippen LogP contribution in [0, 0.1) is 13.8 Å². The van der Waals surface area contributed by atoms with E-state index >= 15 is 0 Å². The molecule has 0 radical (unpaired) electrons. The molecule has 0 atom stereocenters. The number of benzene rings is 2. The summed E-state index contributed by atoms with van der Waals surface area (Å²) in [6, 6.07) is 12.2. The van der Waals surface area contributed by atoms with E-state index in [2.05, 4.69) is 32.0 Å². The highest BCUT2D eigenvalue weighted by Crippen LogP contribution is 2.32. The predicted molar refractivity (Wildman–Crippen MR) is 85.3 cm³/mol. The second-order valence-corrected chi connectivity index (χ2v) is 4.93. The molecule has 3 nitrogen and oxygen atoms in total. The minimum atomic E-state index is 0.556. The third kappa shape index (κ3) is 3.56. The summed E-state index contributed by atoms with van der Waals surface area (Å²) in [5.74, 6) is 1.78. The zero-order valence-corrected chi connectivity index (χ0v) is 13.1. The van der Waals surface area contributed by atoms with E-state index in [-0.39, 0.29) is 0 Å². The topological polar surface area (TPSA) is 27.7 Å². The Bertz CT molecular complexity index is 605. The van der Waals surface area contributed by atoms with Gasteiger partial charge < -0.3 is 14.2 Å². The SMILES string of the molecule is COCCOc1cccc(-c2ccc(OC)c(C)c2C)c1. The van der Waals surface area contributed by atoms with E-state index in [0.29, 0.717) is 13.2 Å². The smallest absolute Gasteiger partial charge is 0.122 e. The first kappa shape index (κ1) is 15.4. The summed E-state index contributed by atoms with van der Waals surface area (Å²) in [6.45, 7) is 5.34. The molecular weight excluding hydrogens is 264 g/mol. The fraction of sp³-hybridized carbons (Fsp3) is 0.333. The largest absolute Gasteiger partial charge is 0.496 e. The number of ether oxygens (including phenoxy) is 3. The molecular formula is C18H22O3. The Hall–Kier alpha value is -2.00. The molecule has 0 aliphatic rings. The van der Waals surface area contributed by atoms with Gasteiger partial charge in [-0.1, -0.05) is 18.2 Å². The van der Waals surface area contributed by atoms with E-state index in [9.17, 15) is 0 Å². The number of hydrogen-bond donors (Lipinski definition) is 0. The fourth-order valence-electron chi connectivity index (χ4n) is 2.33. The van der Waals surface area contributed by atoms with E-state index in [1.807, 2.05) is 18.2 Å². The lowest BCUT2D eigenvalue weighted by Crippen LogP contribution is -2.04. The summed E-state index contributed by atoms with van der Waals surface area (Å²) in [6.07, 6.45) is 0. The Morgan fingerprint density at radius 3 is 2.43 bits per heavy atom. The number of rotatable bonds is 6. The van der Waals surface area contributed by atoms with E-state index < -0.39 is 0 Å². The van der Waals surface area contributed by atoms with Crippen molar-refractivity contribution in [3.63, 3.8) is 0 Å². The molecule has 0 aliphatic carbocycles. The van der Waals surface area contributed by atoms with E-state index in [1.54, 1.807) is 14.2 Å². The van der Waals surface area contributed by atoms with Crippen molar-refractivity contribution >= 4 is 0 Å². The molecule has 0 amide bonds. The highest BCUT2D eigenvalue weighted by molar-refractivity contribution is 5.71. The molecule has 0 bridgehead atoms. The van der Waals surface area contributed by atoms with Gasteiger partial charge in [0.15, 0.2) is 0 Å². The maximum absolute atomic E-state index is 5.67. The first-order valence-corrected chi connectivity index (χ1v) is 7.03. The molecule has 0 fully saturated rings. The van der Waals surface area contributed by atoms with Crippen LogP contribution in [0.15, 0.2) is 36.4 Å². The normalized spacial score (nSPS) is 10.5. The average molecular weight is 286 g/mol. The van der Waals surface area contributed by atoms with Crippen LogP contribution < -0.4 is 9.47 Å². The van der Waals surface area contributed by atoms with E-state index in [1.165, 1.54) is 16.7 Å². The van der Waals surface area contributed by atoms with Crippen molar-refractivity contribution in [2.75, 3.05) is 27.4 Å². The molecule has 2 rings (SSSR count). The second-order valence-electron chi connectivity index (χ2n) is 4.93. The molecule has 0 spiro atoms. The molecule has 0 unspecified atom stereocenters. The lowest BCUT2D eigenvalue weighted by molar-refractivity contribution is 0.146. The average Bonchev–Trinajstić information content (AvgIpc) is 2.50. The van der Waals surface area contributed by atoms with Crippen LogP contribution in [-0.4, -0.2) is 27.4 Å². The van der Waals surface area contributed by atoms with Gasteiger partial charge in [0.1, 0.15) is 18.1 Å². The van der Waals surface area contributed by atoms with Crippen molar-refractivity contribution in [1.29, 1.82) is 0 Å². The molecule has 0 N–H and O–H groups in total. The molecule has 0 heterocycles. The van der Waals surface area contributed by atoms with Gasteiger partial charge in [0.2, 0.25) is 0 Å². The molecule has 0 saturated carbocycles. The Morgan fingerprint density at radius 1 is 0.905 bits per heavy atom. The highest BCUT2D eigenvalue weighted by Gasteiger charge is 2.09. The predicted octanol–water partition coefficient (Wildman–Crippen LogP) is 4.00. The standard InChI is InChI=1S/C18H22O3/c1-13-14(2)18(20-4)9-8-17(13)15-6-5-7-16(12-15)21-11-10-19-3/h5-9,12H,10-11H2,1-4H3. The molecule has 0 saturated heterocycles. The third-order valence-corrected chi connectivity index (χ3v) is 3.66.